The molecule has 0 saturated carbocycles. The van der Waals surface area contributed by atoms with E-state index in [1.807, 2.05) is 0 Å². The number of aryl methyl sites for hydroxylation is 1. The maximum absolute atomic E-state index is 12.4. The maximum Gasteiger partial charge on any atom is 0.337 e. The number of urea groups is 1. The highest BCUT2D eigenvalue weighted by molar-refractivity contribution is 5.92. The summed E-state index contributed by atoms with van der Waals surface area (Å²) in [7, 11) is 1.33. The molecule has 138 valence electrons. The van der Waals surface area contributed by atoms with Crippen LogP contribution in [0.4, 0.5) is 10.5 Å². The van der Waals surface area contributed by atoms with Gasteiger partial charge in [-0.15, -0.1) is 0 Å². The van der Waals surface area contributed by atoms with E-state index in [0.717, 1.165) is 13.1 Å². The molecular weight excluding hydrogens is 338 g/mol. The minimum absolute atomic E-state index is 0.161. The van der Waals surface area contributed by atoms with Crippen LogP contribution in [0.15, 0.2) is 28.8 Å². The summed E-state index contributed by atoms with van der Waals surface area (Å²) in [4.78, 5) is 31.9. The average Bonchev–Trinajstić information content (AvgIpc) is 3.07. The van der Waals surface area contributed by atoms with Crippen LogP contribution in [-0.2, 0) is 11.3 Å². The van der Waals surface area contributed by atoms with Gasteiger partial charge in [0.2, 0.25) is 5.89 Å². The lowest BCUT2D eigenvalue weighted by Crippen LogP contribution is -2.49. The lowest BCUT2D eigenvalue weighted by Gasteiger charge is -2.34. The van der Waals surface area contributed by atoms with Crippen molar-refractivity contribution in [3.05, 3.63) is 41.5 Å². The van der Waals surface area contributed by atoms with E-state index in [2.05, 4.69) is 25.1 Å². The molecule has 1 aromatic carbocycles. The summed E-state index contributed by atoms with van der Waals surface area (Å²) in [6.07, 6.45) is 0. The summed E-state index contributed by atoms with van der Waals surface area (Å²) in [5.41, 5.74) is 1.07. The van der Waals surface area contributed by atoms with E-state index >= 15 is 0 Å². The fraction of sp³-hybridized carbons (Fsp3) is 0.412. The fourth-order valence-electron chi connectivity index (χ4n) is 2.72. The van der Waals surface area contributed by atoms with Crippen molar-refractivity contribution in [2.24, 2.45) is 0 Å². The minimum atomic E-state index is -0.407. The Morgan fingerprint density at radius 2 is 1.88 bits per heavy atom. The largest absolute Gasteiger partial charge is 0.465 e. The van der Waals surface area contributed by atoms with Gasteiger partial charge in [-0.3, -0.25) is 4.90 Å². The van der Waals surface area contributed by atoms with Gasteiger partial charge in [0.1, 0.15) is 0 Å². The van der Waals surface area contributed by atoms with Crippen molar-refractivity contribution in [3.63, 3.8) is 0 Å². The molecule has 3 rings (SSSR count). The highest BCUT2D eigenvalue weighted by Crippen LogP contribution is 2.13. The topological polar surface area (TPSA) is 101 Å². The Morgan fingerprint density at radius 3 is 2.46 bits per heavy atom. The molecule has 1 N–H and O–H groups in total. The van der Waals surface area contributed by atoms with Crippen LogP contribution < -0.4 is 5.32 Å². The van der Waals surface area contributed by atoms with Crippen LogP contribution in [0.25, 0.3) is 0 Å². The van der Waals surface area contributed by atoms with Gasteiger partial charge in [-0.1, -0.05) is 5.16 Å². The summed E-state index contributed by atoms with van der Waals surface area (Å²) in [5.74, 6) is 0.804. The molecule has 1 fully saturated rings. The lowest BCUT2D eigenvalue weighted by atomic mass is 10.2. The van der Waals surface area contributed by atoms with Crippen LogP contribution in [0, 0.1) is 6.92 Å². The van der Waals surface area contributed by atoms with Crippen LogP contribution in [0.3, 0.4) is 0 Å². The van der Waals surface area contributed by atoms with E-state index < -0.39 is 5.97 Å². The second kappa shape index (κ2) is 7.96. The molecule has 0 radical (unpaired) electrons. The molecule has 9 nitrogen and oxygen atoms in total. The zero-order valence-corrected chi connectivity index (χ0v) is 14.8. The summed E-state index contributed by atoms with van der Waals surface area (Å²) >= 11 is 0. The van der Waals surface area contributed by atoms with E-state index in [1.165, 1.54) is 7.11 Å². The number of benzene rings is 1. The third-order valence-corrected chi connectivity index (χ3v) is 4.15. The first-order valence-electron chi connectivity index (χ1n) is 8.31. The zero-order chi connectivity index (χ0) is 18.5. The molecule has 1 saturated heterocycles. The lowest BCUT2D eigenvalue weighted by molar-refractivity contribution is 0.0600. The minimum Gasteiger partial charge on any atom is -0.465 e. The number of hydrogen-bond donors (Lipinski definition) is 1. The predicted octanol–water partition coefficient (Wildman–Crippen LogP) is 1.51. The third-order valence-electron chi connectivity index (χ3n) is 4.15. The molecule has 1 aliphatic rings. The number of piperazine rings is 1. The SMILES string of the molecule is COC(=O)c1ccc(NC(=O)N2CCN(Cc3noc(C)n3)CC2)cc1. The molecule has 0 spiro atoms. The molecule has 0 bridgehead atoms. The van der Waals surface area contributed by atoms with Crippen molar-refractivity contribution in [1.29, 1.82) is 0 Å². The van der Waals surface area contributed by atoms with Gasteiger partial charge in [-0.05, 0) is 24.3 Å². The number of rotatable bonds is 4. The number of nitrogens with zero attached hydrogens (tertiary/aromatic N) is 4. The van der Waals surface area contributed by atoms with Crippen LogP contribution in [0.1, 0.15) is 22.1 Å². The standard InChI is InChI=1S/C17H21N5O4/c1-12-18-15(20-26-12)11-21-7-9-22(10-8-21)17(24)19-14-5-3-13(4-6-14)16(23)25-2/h3-6H,7-11H2,1-2H3,(H,19,24). The van der Waals surface area contributed by atoms with E-state index in [1.54, 1.807) is 36.1 Å². The second-order valence-electron chi connectivity index (χ2n) is 5.99. The molecule has 9 heteroatoms. The highest BCUT2D eigenvalue weighted by atomic mass is 16.5. The first kappa shape index (κ1) is 17.9. The Morgan fingerprint density at radius 1 is 1.19 bits per heavy atom. The van der Waals surface area contributed by atoms with E-state index in [9.17, 15) is 9.59 Å². The van der Waals surface area contributed by atoms with E-state index in [4.69, 9.17) is 4.52 Å². The maximum atomic E-state index is 12.4. The van der Waals surface area contributed by atoms with Crippen LogP contribution >= 0.6 is 0 Å². The normalized spacial score (nSPS) is 14.9. The van der Waals surface area contributed by atoms with Gasteiger partial charge in [0.25, 0.3) is 0 Å². The van der Waals surface area contributed by atoms with E-state index in [-0.39, 0.29) is 6.03 Å². The third kappa shape index (κ3) is 4.37. The summed E-state index contributed by atoms with van der Waals surface area (Å²) < 4.78 is 9.62. The number of esters is 1. The number of anilines is 1. The fourth-order valence-corrected chi connectivity index (χ4v) is 2.72. The number of amides is 2. The van der Waals surface area contributed by atoms with Crippen molar-refractivity contribution in [2.75, 3.05) is 38.6 Å². The number of hydrogen-bond acceptors (Lipinski definition) is 7. The van der Waals surface area contributed by atoms with Gasteiger partial charge < -0.3 is 19.5 Å². The monoisotopic (exact) mass is 359 g/mol. The Labute approximate surface area is 150 Å². The molecule has 1 aliphatic heterocycles. The number of carbonyl (C=O) groups is 2. The van der Waals surface area contributed by atoms with Crippen molar-refractivity contribution < 1.29 is 18.8 Å². The van der Waals surface area contributed by atoms with Crippen molar-refractivity contribution >= 4 is 17.7 Å². The molecule has 0 atom stereocenters. The van der Waals surface area contributed by atoms with Crippen LogP contribution in [0.2, 0.25) is 0 Å². The van der Waals surface area contributed by atoms with Gasteiger partial charge in [-0.2, -0.15) is 4.98 Å². The van der Waals surface area contributed by atoms with Crippen molar-refractivity contribution in [2.45, 2.75) is 13.5 Å². The summed E-state index contributed by atoms with van der Waals surface area (Å²) in [6, 6.07) is 6.43. The molecule has 26 heavy (non-hydrogen) atoms. The quantitative estimate of drug-likeness (QED) is 0.826. The Kier molecular flexibility index (Phi) is 5.47. The Bertz CT molecular complexity index is 766. The highest BCUT2D eigenvalue weighted by Gasteiger charge is 2.22. The molecule has 2 aromatic rings. The van der Waals surface area contributed by atoms with Crippen molar-refractivity contribution in [3.8, 4) is 0 Å². The molecule has 2 amide bonds. The molecule has 2 heterocycles. The number of aromatic nitrogens is 2. The first-order chi connectivity index (χ1) is 12.5. The van der Waals surface area contributed by atoms with Gasteiger partial charge in [0.05, 0.1) is 19.2 Å². The zero-order valence-electron chi connectivity index (χ0n) is 14.8. The van der Waals surface area contributed by atoms with Crippen LogP contribution in [0.5, 0.6) is 0 Å². The average molecular weight is 359 g/mol. The molecule has 0 aliphatic carbocycles. The smallest absolute Gasteiger partial charge is 0.337 e. The Hall–Kier alpha value is -2.94. The second-order valence-corrected chi connectivity index (χ2v) is 5.99. The van der Waals surface area contributed by atoms with Crippen molar-refractivity contribution in [1.82, 2.24) is 19.9 Å². The number of carbonyl (C=O) groups excluding carboxylic acids is 2. The first-order valence-corrected chi connectivity index (χ1v) is 8.31. The number of methoxy groups -OCH3 is 1. The number of nitrogens with one attached hydrogen (secondary N) is 1. The van der Waals surface area contributed by atoms with E-state index in [0.29, 0.717) is 42.6 Å². The molecular formula is C17H21N5O4. The predicted molar refractivity (Wildman–Crippen MR) is 92.7 cm³/mol. The molecule has 0 unspecified atom stereocenters. The molecule has 1 aromatic heterocycles. The Balaban J connectivity index is 1.48. The van der Waals surface area contributed by atoms with Gasteiger partial charge in [0, 0.05) is 38.8 Å². The van der Waals surface area contributed by atoms with Gasteiger partial charge in [0.15, 0.2) is 5.82 Å². The van der Waals surface area contributed by atoms with Crippen LogP contribution in [-0.4, -0.2) is 65.2 Å². The van der Waals surface area contributed by atoms with Gasteiger partial charge >= 0.3 is 12.0 Å². The van der Waals surface area contributed by atoms with Gasteiger partial charge in [-0.25, -0.2) is 9.59 Å². The number of ether oxygens (including phenoxy) is 1. The summed E-state index contributed by atoms with van der Waals surface area (Å²) in [6.45, 7) is 5.08. The summed E-state index contributed by atoms with van der Waals surface area (Å²) in [5, 5.41) is 6.73.